The molecule has 2 N–H and O–H groups in total. The number of piperidine rings is 1. The van der Waals surface area contributed by atoms with Crippen molar-refractivity contribution in [1.29, 1.82) is 0 Å². The van der Waals surface area contributed by atoms with Crippen LogP contribution >= 0.6 is 11.3 Å². The van der Waals surface area contributed by atoms with Gasteiger partial charge in [-0.2, -0.15) is 5.10 Å². The molecule has 5 nitrogen and oxygen atoms in total. The van der Waals surface area contributed by atoms with Gasteiger partial charge in [-0.25, -0.2) is 0 Å². The van der Waals surface area contributed by atoms with E-state index in [2.05, 4.69) is 18.9 Å². The predicted molar refractivity (Wildman–Crippen MR) is 86.6 cm³/mol. The Kier molecular flexibility index (Phi) is 3.43. The first kappa shape index (κ1) is 14.4. The van der Waals surface area contributed by atoms with E-state index in [1.54, 1.807) is 0 Å². The van der Waals surface area contributed by atoms with Crippen molar-refractivity contribution in [2.45, 2.75) is 39.7 Å². The van der Waals surface area contributed by atoms with Gasteiger partial charge < -0.3 is 10.6 Å². The zero-order valence-electron chi connectivity index (χ0n) is 13.0. The maximum Gasteiger partial charge on any atom is 0.266 e. The van der Waals surface area contributed by atoms with Gasteiger partial charge in [0.2, 0.25) is 0 Å². The number of hydrogen-bond acceptors (Lipinski definition) is 4. The first-order valence-corrected chi connectivity index (χ1v) is 8.24. The number of nitrogens with zero attached hydrogens (tertiary/aromatic N) is 3. The van der Waals surface area contributed by atoms with Crippen LogP contribution in [0, 0.1) is 12.8 Å². The number of carbonyl (C=O) groups excluding carboxylic acids is 1. The molecule has 0 aliphatic carbocycles. The lowest BCUT2D eigenvalue weighted by atomic mass is 9.93. The summed E-state index contributed by atoms with van der Waals surface area (Å²) in [7, 11) is 1.89. The SMILES string of the molecule is Cc1nn(C)c2sc(C(=O)N3CCC(C)CC3C)c(N)c12. The van der Waals surface area contributed by atoms with Gasteiger partial charge in [-0.15, -0.1) is 11.3 Å². The fraction of sp³-hybridized carbons (Fsp3) is 0.600. The summed E-state index contributed by atoms with van der Waals surface area (Å²) in [6.07, 6.45) is 2.14. The summed E-state index contributed by atoms with van der Waals surface area (Å²) in [5.74, 6) is 0.766. The fourth-order valence-electron chi connectivity index (χ4n) is 3.33. The first-order chi connectivity index (χ1) is 9.90. The number of nitrogens with two attached hydrogens (primary N) is 1. The molecule has 21 heavy (non-hydrogen) atoms. The van der Waals surface area contributed by atoms with E-state index >= 15 is 0 Å². The highest BCUT2D eigenvalue weighted by Crippen LogP contribution is 2.37. The van der Waals surface area contributed by atoms with Gasteiger partial charge >= 0.3 is 0 Å². The van der Waals surface area contributed by atoms with Crippen molar-refractivity contribution in [3.8, 4) is 0 Å². The van der Waals surface area contributed by atoms with Crippen LogP contribution in [0.5, 0.6) is 0 Å². The molecule has 1 amide bonds. The van der Waals surface area contributed by atoms with Crippen LogP contribution in [0.3, 0.4) is 0 Å². The molecule has 2 unspecified atom stereocenters. The molecule has 0 aromatic carbocycles. The summed E-state index contributed by atoms with van der Waals surface area (Å²) in [5, 5.41) is 5.31. The van der Waals surface area contributed by atoms with Crippen molar-refractivity contribution in [3.05, 3.63) is 10.6 Å². The molecule has 1 fully saturated rings. The van der Waals surface area contributed by atoms with Crippen molar-refractivity contribution in [2.75, 3.05) is 12.3 Å². The number of thiophene rings is 1. The second-order valence-electron chi connectivity index (χ2n) is 6.21. The van der Waals surface area contributed by atoms with Gasteiger partial charge in [0.15, 0.2) is 0 Å². The molecule has 1 saturated heterocycles. The van der Waals surface area contributed by atoms with Crippen LogP contribution in [-0.2, 0) is 7.05 Å². The molecule has 3 rings (SSSR count). The minimum atomic E-state index is 0.0764. The molecule has 1 aliphatic rings. The van der Waals surface area contributed by atoms with Crippen molar-refractivity contribution >= 4 is 33.1 Å². The van der Waals surface area contributed by atoms with Crippen molar-refractivity contribution in [2.24, 2.45) is 13.0 Å². The summed E-state index contributed by atoms with van der Waals surface area (Å²) in [6, 6.07) is 0.282. The molecule has 2 aromatic heterocycles. The molecule has 3 heterocycles. The Morgan fingerprint density at radius 1 is 1.43 bits per heavy atom. The molecule has 114 valence electrons. The quantitative estimate of drug-likeness (QED) is 0.881. The Morgan fingerprint density at radius 2 is 2.14 bits per heavy atom. The molecule has 2 atom stereocenters. The lowest BCUT2D eigenvalue weighted by molar-refractivity contribution is 0.0594. The highest BCUT2D eigenvalue weighted by atomic mass is 32.1. The normalized spacial score (nSPS) is 23.0. The summed E-state index contributed by atoms with van der Waals surface area (Å²) in [6.45, 7) is 7.14. The lowest BCUT2D eigenvalue weighted by Crippen LogP contribution is -2.44. The number of fused-ring (bicyclic) bond motifs is 1. The molecule has 0 bridgehead atoms. The predicted octanol–water partition coefficient (Wildman–Crippen LogP) is 2.79. The smallest absolute Gasteiger partial charge is 0.266 e. The Morgan fingerprint density at radius 3 is 2.76 bits per heavy atom. The van der Waals surface area contributed by atoms with Gasteiger partial charge in [-0.05, 0) is 32.6 Å². The molecular weight excluding hydrogens is 284 g/mol. The lowest BCUT2D eigenvalue weighted by Gasteiger charge is -2.36. The van der Waals surface area contributed by atoms with E-state index in [1.165, 1.54) is 11.3 Å². The molecule has 0 radical (unpaired) electrons. The van der Waals surface area contributed by atoms with Crippen molar-refractivity contribution in [3.63, 3.8) is 0 Å². The maximum absolute atomic E-state index is 12.9. The van der Waals surface area contributed by atoms with E-state index < -0.39 is 0 Å². The van der Waals surface area contributed by atoms with Crippen LogP contribution in [0.1, 0.15) is 42.1 Å². The number of nitrogen functional groups attached to an aromatic ring is 1. The summed E-state index contributed by atoms with van der Waals surface area (Å²) >= 11 is 1.46. The van der Waals surface area contributed by atoms with Gasteiger partial charge in [0.05, 0.1) is 16.8 Å². The Bertz CT molecular complexity index is 702. The Labute approximate surface area is 128 Å². The van der Waals surface area contributed by atoms with Gasteiger partial charge in [0.1, 0.15) is 9.71 Å². The van der Waals surface area contributed by atoms with Crippen LogP contribution in [0.4, 0.5) is 5.69 Å². The summed E-state index contributed by atoms with van der Waals surface area (Å²) in [5.41, 5.74) is 7.73. The molecular formula is C15H22N4OS. The van der Waals surface area contributed by atoms with Gasteiger partial charge in [-0.3, -0.25) is 9.48 Å². The van der Waals surface area contributed by atoms with Crippen LogP contribution in [-0.4, -0.2) is 33.2 Å². The topological polar surface area (TPSA) is 64.2 Å². The summed E-state index contributed by atoms with van der Waals surface area (Å²) < 4.78 is 1.81. The van der Waals surface area contributed by atoms with Gasteiger partial charge in [0.25, 0.3) is 5.91 Å². The average molecular weight is 306 g/mol. The zero-order valence-corrected chi connectivity index (χ0v) is 13.8. The zero-order chi connectivity index (χ0) is 15.3. The van der Waals surface area contributed by atoms with Crippen molar-refractivity contribution in [1.82, 2.24) is 14.7 Å². The minimum absolute atomic E-state index is 0.0764. The van der Waals surface area contributed by atoms with Crippen LogP contribution < -0.4 is 5.73 Å². The maximum atomic E-state index is 12.9. The number of likely N-dealkylation sites (tertiary alicyclic amines) is 1. The van der Waals surface area contributed by atoms with E-state index in [1.807, 2.05) is 23.6 Å². The van der Waals surface area contributed by atoms with Gasteiger partial charge in [0, 0.05) is 19.6 Å². The van der Waals surface area contributed by atoms with Crippen LogP contribution in [0.2, 0.25) is 0 Å². The number of anilines is 1. The van der Waals surface area contributed by atoms with E-state index in [9.17, 15) is 4.79 Å². The molecule has 0 spiro atoms. The van der Waals surface area contributed by atoms with E-state index in [0.717, 1.165) is 35.3 Å². The van der Waals surface area contributed by atoms with E-state index in [4.69, 9.17) is 5.73 Å². The van der Waals surface area contributed by atoms with Crippen molar-refractivity contribution < 1.29 is 4.79 Å². The number of hydrogen-bond donors (Lipinski definition) is 1. The second kappa shape index (κ2) is 5.02. The van der Waals surface area contributed by atoms with E-state index in [-0.39, 0.29) is 11.9 Å². The third kappa shape index (κ3) is 2.21. The summed E-state index contributed by atoms with van der Waals surface area (Å²) in [4.78, 5) is 16.5. The number of aryl methyl sites for hydroxylation is 2. The Hall–Kier alpha value is -1.56. The number of rotatable bonds is 1. The molecule has 0 saturated carbocycles. The number of carbonyl (C=O) groups is 1. The number of amides is 1. The van der Waals surface area contributed by atoms with Crippen LogP contribution in [0.15, 0.2) is 0 Å². The second-order valence-corrected chi connectivity index (χ2v) is 7.21. The van der Waals surface area contributed by atoms with Gasteiger partial charge in [-0.1, -0.05) is 6.92 Å². The van der Waals surface area contributed by atoms with E-state index in [0.29, 0.717) is 16.5 Å². The molecule has 1 aliphatic heterocycles. The monoisotopic (exact) mass is 306 g/mol. The fourth-order valence-corrected chi connectivity index (χ4v) is 4.47. The first-order valence-electron chi connectivity index (χ1n) is 7.42. The Balaban J connectivity index is 1.98. The number of aromatic nitrogens is 2. The standard InChI is InChI=1S/C15H22N4OS/c1-8-5-6-19(9(2)7-8)14(20)13-12(16)11-10(3)17-18(4)15(11)21-13/h8-9H,5-7,16H2,1-4H3. The third-order valence-electron chi connectivity index (χ3n) is 4.48. The third-order valence-corrected chi connectivity index (χ3v) is 5.74. The highest BCUT2D eigenvalue weighted by molar-refractivity contribution is 7.21. The molecule has 6 heteroatoms. The largest absolute Gasteiger partial charge is 0.397 e. The highest BCUT2D eigenvalue weighted by Gasteiger charge is 2.30. The average Bonchev–Trinajstić information content (AvgIpc) is 2.88. The minimum Gasteiger partial charge on any atom is -0.397 e. The van der Waals surface area contributed by atoms with Crippen LogP contribution in [0.25, 0.3) is 10.2 Å². The molecule has 2 aromatic rings.